The molecule has 39 heavy (non-hydrogen) atoms. The van der Waals surface area contributed by atoms with Crippen molar-refractivity contribution in [2.24, 2.45) is 5.73 Å². The lowest BCUT2D eigenvalue weighted by Crippen LogP contribution is -2.54. The summed E-state index contributed by atoms with van der Waals surface area (Å²) in [6, 6.07) is 4.57. The molecule has 0 aromatic heterocycles. The molecule has 0 aliphatic carbocycles. The zero-order valence-electron chi connectivity index (χ0n) is 24.0. The number of unbranched alkanes of at least 4 members (excludes halogenated alkanes) is 4. The van der Waals surface area contributed by atoms with Crippen molar-refractivity contribution >= 4 is 29.8 Å². The molecular formula is C28H44N4O7. The molecule has 2 unspecified atom stereocenters. The van der Waals surface area contributed by atoms with Gasteiger partial charge in [0.1, 0.15) is 24.2 Å². The van der Waals surface area contributed by atoms with E-state index in [1.54, 1.807) is 39.0 Å². The Balaban J connectivity index is 3.48. The van der Waals surface area contributed by atoms with Crippen LogP contribution >= 0.6 is 0 Å². The molecule has 218 valence electrons. The third-order valence-electron chi connectivity index (χ3n) is 5.73. The van der Waals surface area contributed by atoms with Gasteiger partial charge in [0.15, 0.2) is 0 Å². The molecule has 0 aliphatic rings. The molecule has 0 spiro atoms. The van der Waals surface area contributed by atoms with E-state index in [0.29, 0.717) is 12.0 Å². The first kappa shape index (κ1) is 33.4. The van der Waals surface area contributed by atoms with Crippen LogP contribution in [0.25, 0.3) is 0 Å². The number of ether oxygens (including phenoxy) is 2. The van der Waals surface area contributed by atoms with Crippen molar-refractivity contribution < 1.29 is 33.4 Å². The van der Waals surface area contributed by atoms with Crippen molar-refractivity contribution in [2.75, 3.05) is 20.2 Å². The average Bonchev–Trinajstić information content (AvgIpc) is 2.84. The number of methoxy groups -OCH3 is 1. The summed E-state index contributed by atoms with van der Waals surface area (Å²) in [7, 11) is 1.20. The maximum absolute atomic E-state index is 14.0. The van der Waals surface area contributed by atoms with Crippen molar-refractivity contribution in [3.63, 3.8) is 0 Å². The van der Waals surface area contributed by atoms with E-state index < -0.39 is 60.4 Å². The summed E-state index contributed by atoms with van der Waals surface area (Å²) in [4.78, 5) is 65.0. The second kappa shape index (κ2) is 16.4. The average molecular weight is 549 g/mol. The normalized spacial score (nSPS) is 12.6. The van der Waals surface area contributed by atoms with Crippen LogP contribution in [0, 0.1) is 6.92 Å². The maximum Gasteiger partial charge on any atom is 0.408 e. The number of carbonyl (C=O) groups excluding carboxylic acids is 5. The first-order valence-electron chi connectivity index (χ1n) is 13.3. The molecule has 11 nitrogen and oxygen atoms in total. The smallest absolute Gasteiger partial charge is 0.408 e. The molecule has 0 aliphatic heterocycles. The minimum Gasteiger partial charge on any atom is -0.468 e. The molecule has 11 heteroatoms. The second-order valence-electron chi connectivity index (χ2n) is 10.4. The number of nitrogens with zero attached hydrogens (tertiary/aromatic N) is 1. The Morgan fingerprint density at radius 2 is 1.72 bits per heavy atom. The first-order valence-corrected chi connectivity index (χ1v) is 13.3. The largest absolute Gasteiger partial charge is 0.468 e. The van der Waals surface area contributed by atoms with Gasteiger partial charge in [0.25, 0.3) is 0 Å². The summed E-state index contributed by atoms with van der Waals surface area (Å²) < 4.78 is 9.92. The van der Waals surface area contributed by atoms with E-state index in [2.05, 4.69) is 22.3 Å². The van der Waals surface area contributed by atoms with E-state index in [1.807, 2.05) is 13.0 Å². The summed E-state index contributed by atoms with van der Waals surface area (Å²) in [6.45, 7) is 8.71. The zero-order chi connectivity index (χ0) is 29.6. The molecule has 2 atom stereocenters. The van der Waals surface area contributed by atoms with Crippen molar-refractivity contribution in [2.45, 2.75) is 90.8 Å². The predicted octanol–water partition coefficient (Wildman–Crippen LogP) is 2.89. The number of benzene rings is 1. The van der Waals surface area contributed by atoms with Gasteiger partial charge in [-0.05, 0) is 39.7 Å². The number of alkyl carbamates (subject to hydrolysis) is 1. The quantitative estimate of drug-likeness (QED) is 0.225. The van der Waals surface area contributed by atoms with Gasteiger partial charge < -0.3 is 30.7 Å². The number of esters is 1. The van der Waals surface area contributed by atoms with Gasteiger partial charge in [-0.15, -0.1) is 0 Å². The molecule has 0 saturated carbocycles. The molecule has 0 fully saturated rings. The highest BCUT2D eigenvalue weighted by Crippen LogP contribution is 2.25. The fraction of sp³-hybridized carbons (Fsp3) is 0.607. The highest BCUT2D eigenvalue weighted by molar-refractivity contribution is 5.95. The number of aryl methyl sites for hydroxylation is 1. The number of nitrogens with two attached hydrogens (primary N) is 1. The lowest BCUT2D eigenvalue weighted by molar-refractivity contribution is -0.145. The van der Waals surface area contributed by atoms with Gasteiger partial charge in [0, 0.05) is 6.54 Å². The van der Waals surface area contributed by atoms with Crippen molar-refractivity contribution in [1.29, 1.82) is 0 Å². The Morgan fingerprint density at radius 1 is 1.05 bits per heavy atom. The lowest BCUT2D eigenvalue weighted by atomic mass is 9.99. The molecule has 1 rings (SSSR count). The van der Waals surface area contributed by atoms with Gasteiger partial charge in [-0.3, -0.25) is 19.2 Å². The summed E-state index contributed by atoms with van der Waals surface area (Å²) in [6.07, 6.45) is 3.00. The Hall–Kier alpha value is -3.63. The van der Waals surface area contributed by atoms with Crippen LogP contribution in [0.3, 0.4) is 0 Å². The summed E-state index contributed by atoms with van der Waals surface area (Å²) in [5.41, 5.74) is 5.94. The molecule has 1 aromatic carbocycles. The van der Waals surface area contributed by atoms with Crippen LogP contribution in [0.4, 0.5) is 4.79 Å². The van der Waals surface area contributed by atoms with Crippen LogP contribution in [0.5, 0.6) is 0 Å². The molecule has 0 heterocycles. The van der Waals surface area contributed by atoms with Crippen molar-refractivity contribution in [3.8, 4) is 0 Å². The van der Waals surface area contributed by atoms with Gasteiger partial charge in [-0.1, -0.05) is 62.4 Å². The minimum absolute atomic E-state index is 0.165. The summed E-state index contributed by atoms with van der Waals surface area (Å²) in [5.74, 6) is -2.74. The fourth-order valence-corrected chi connectivity index (χ4v) is 3.94. The van der Waals surface area contributed by atoms with Gasteiger partial charge in [0.2, 0.25) is 17.7 Å². The Labute approximate surface area is 231 Å². The van der Waals surface area contributed by atoms with E-state index in [-0.39, 0.29) is 6.54 Å². The number of amides is 4. The highest BCUT2D eigenvalue weighted by Gasteiger charge is 2.37. The van der Waals surface area contributed by atoms with Crippen LogP contribution in [0.15, 0.2) is 24.3 Å². The van der Waals surface area contributed by atoms with E-state index >= 15 is 0 Å². The Bertz CT molecular complexity index is 990. The highest BCUT2D eigenvalue weighted by atomic mass is 16.6. The van der Waals surface area contributed by atoms with Crippen LogP contribution in [0.2, 0.25) is 0 Å². The lowest BCUT2D eigenvalue weighted by Gasteiger charge is -2.34. The third-order valence-corrected chi connectivity index (χ3v) is 5.73. The van der Waals surface area contributed by atoms with E-state index in [4.69, 9.17) is 10.5 Å². The minimum atomic E-state index is -1.37. The number of hydrogen-bond donors (Lipinski definition) is 3. The number of hydrogen-bond acceptors (Lipinski definition) is 7. The van der Waals surface area contributed by atoms with Crippen LogP contribution in [-0.4, -0.2) is 66.5 Å². The third kappa shape index (κ3) is 12.6. The molecule has 1 aromatic rings. The van der Waals surface area contributed by atoms with E-state index in [9.17, 15) is 24.0 Å². The number of nitrogens with one attached hydrogen (secondary N) is 2. The first-order chi connectivity index (χ1) is 18.3. The number of rotatable bonds is 15. The van der Waals surface area contributed by atoms with E-state index in [1.165, 1.54) is 12.0 Å². The van der Waals surface area contributed by atoms with Gasteiger partial charge >= 0.3 is 12.1 Å². The molecule has 4 N–H and O–H groups in total. The maximum atomic E-state index is 14.0. The molecule has 0 bridgehead atoms. The van der Waals surface area contributed by atoms with Gasteiger partial charge in [0.05, 0.1) is 13.5 Å². The fourth-order valence-electron chi connectivity index (χ4n) is 3.94. The van der Waals surface area contributed by atoms with Crippen LogP contribution < -0.4 is 16.4 Å². The van der Waals surface area contributed by atoms with Crippen LogP contribution in [0.1, 0.15) is 83.4 Å². The van der Waals surface area contributed by atoms with Crippen LogP contribution in [-0.2, 0) is 28.7 Å². The summed E-state index contributed by atoms with van der Waals surface area (Å²) in [5, 5.41) is 4.99. The number of primary amides is 1. The van der Waals surface area contributed by atoms with Crippen molar-refractivity contribution in [3.05, 3.63) is 35.4 Å². The summed E-state index contributed by atoms with van der Waals surface area (Å²) >= 11 is 0. The van der Waals surface area contributed by atoms with Gasteiger partial charge in [-0.25, -0.2) is 4.79 Å². The van der Waals surface area contributed by atoms with Gasteiger partial charge in [-0.2, -0.15) is 0 Å². The van der Waals surface area contributed by atoms with Crippen molar-refractivity contribution in [1.82, 2.24) is 15.5 Å². The Kier molecular flexibility index (Phi) is 14.0. The molecule has 4 amide bonds. The standard InChI is InChI=1S/C28H44N4O7/c1-7-8-9-10-11-15-32(26(36)21(17-22(29)33)31-27(37)39-28(3,4)5)24(20-14-12-13-19(2)16-20)25(35)30-18-23(34)38-6/h12-14,16,21,24H,7-11,15,17-18H2,1-6H3,(H2,29,33)(H,30,35)(H,31,37). The second-order valence-corrected chi connectivity index (χ2v) is 10.4. The topological polar surface area (TPSA) is 157 Å². The SMILES string of the molecule is CCCCCCCN(C(=O)C(CC(N)=O)NC(=O)OC(C)(C)C)C(C(=O)NCC(=O)OC)c1cccc(C)c1. The molecule has 0 radical (unpaired) electrons. The number of carbonyl (C=O) groups is 5. The monoisotopic (exact) mass is 548 g/mol. The Morgan fingerprint density at radius 3 is 2.28 bits per heavy atom. The van der Waals surface area contributed by atoms with E-state index in [0.717, 1.165) is 31.2 Å². The molecule has 0 saturated heterocycles. The predicted molar refractivity (Wildman–Crippen MR) is 146 cm³/mol. The zero-order valence-corrected chi connectivity index (χ0v) is 24.0. The molecular weight excluding hydrogens is 504 g/mol.